The number of fused-ring (bicyclic) bond motifs is 1. The van der Waals surface area contributed by atoms with Crippen molar-refractivity contribution in [3.63, 3.8) is 0 Å². The molecule has 0 amide bonds. The molecule has 2 nitrogen and oxygen atoms in total. The molecule has 77 heavy (non-hydrogen) atoms. The van der Waals surface area contributed by atoms with Crippen LogP contribution in [0.1, 0.15) is 103 Å². The quantitative estimate of drug-likeness (QED) is 0.0524. The third kappa shape index (κ3) is 10.5. The van der Waals surface area contributed by atoms with Crippen LogP contribution in [0, 0.1) is 165 Å². The summed E-state index contributed by atoms with van der Waals surface area (Å²) in [4.78, 5) is 16.0. The average molecular weight is 1130 g/mol. The van der Waals surface area contributed by atoms with Gasteiger partial charge in [-0.05, 0) is 36.0 Å². The molecule has 2 atom stereocenters. The number of halogens is 15. The molecule has 0 aliphatic heterocycles. The van der Waals surface area contributed by atoms with Crippen molar-refractivity contribution in [3.05, 3.63) is 190 Å². The molecule has 6 aromatic carbocycles. The molecule has 0 fully saturated rings. The zero-order valence-electron chi connectivity index (χ0n) is 44.7. The third-order valence-electron chi connectivity index (χ3n) is 15.8. The fourth-order valence-electron chi connectivity index (χ4n) is 10.9. The molecule has 7 rings (SSSR count). The van der Waals surface area contributed by atoms with Gasteiger partial charge in [0.05, 0.1) is 0 Å². The molecule has 1 aliphatic carbocycles. The van der Waals surface area contributed by atoms with E-state index in [0.717, 1.165) is 33.4 Å². The number of hydrogen-bond acceptors (Lipinski definition) is 2. The van der Waals surface area contributed by atoms with Crippen molar-refractivity contribution in [2.24, 2.45) is 22.7 Å². The van der Waals surface area contributed by atoms with Crippen LogP contribution >= 0.6 is 0 Å². The van der Waals surface area contributed by atoms with Gasteiger partial charge in [0.25, 0.3) is 12.3 Å². The summed E-state index contributed by atoms with van der Waals surface area (Å²) < 4.78 is 244. The van der Waals surface area contributed by atoms with Gasteiger partial charge < -0.3 is 4.65 Å². The van der Waals surface area contributed by atoms with E-state index in [1.165, 1.54) is 5.56 Å². The van der Waals surface area contributed by atoms with E-state index in [4.69, 9.17) is 4.65 Å². The van der Waals surface area contributed by atoms with Crippen molar-refractivity contribution in [1.29, 1.82) is 0 Å². The Morgan fingerprint density at radius 2 is 0.883 bits per heavy atom. The van der Waals surface area contributed by atoms with Gasteiger partial charge in [0.15, 0.2) is 52.4 Å². The van der Waals surface area contributed by atoms with Gasteiger partial charge in [-0.25, -0.2) is 65.9 Å². The Morgan fingerprint density at radius 3 is 1.19 bits per heavy atom. The zero-order chi connectivity index (χ0) is 57.5. The van der Waals surface area contributed by atoms with E-state index in [1.807, 2.05) is 45.9 Å². The van der Waals surface area contributed by atoms with Gasteiger partial charge in [-0.15, -0.1) is 0 Å². The molecule has 1 radical (unpaired) electrons. The number of carbonyl (C=O) groups excluding carboxylic acids is 1. The fraction of sp³-hybridized carbons (Fsp3) is 0.362. The smallest absolute Gasteiger partial charge is 0.672 e. The van der Waals surface area contributed by atoms with Gasteiger partial charge in [-0.2, -0.15) is 55.6 Å². The molecule has 411 valence electrons. The average Bonchev–Trinajstić information content (AvgIpc) is 3.65. The largest absolute Gasteiger partial charge is 3.00 e. The first-order valence-corrected chi connectivity index (χ1v) is 24.1. The Morgan fingerprint density at radius 1 is 0.519 bits per heavy atom. The van der Waals surface area contributed by atoms with Gasteiger partial charge in [-0.1, -0.05) is 161 Å². The summed E-state index contributed by atoms with van der Waals surface area (Å²) in [7, 11) is 0. The van der Waals surface area contributed by atoms with Crippen molar-refractivity contribution in [2.75, 3.05) is 0 Å². The van der Waals surface area contributed by atoms with Crippen LogP contribution < -0.4 is 16.4 Å². The molecule has 0 saturated carbocycles. The first kappa shape index (κ1) is 62.4. The van der Waals surface area contributed by atoms with Crippen molar-refractivity contribution in [1.82, 2.24) is 0 Å². The first-order valence-electron chi connectivity index (χ1n) is 24.1. The molecule has 1 aliphatic rings. The molecule has 0 heterocycles. The molecule has 0 spiro atoms. The fourth-order valence-corrected chi connectivity index (χ4v) is 10.9. The van der Waals surface area contributed by atoms with Crippen LogP contribution in [0.5, 0.6) is 0 Å². The maximum absolute atomic E-state index is 16.7. The van der Waals surface area contributed by atoms with Gasteiger partial charge in [0, 0.05) is 5.57 Å². The van der Waals surface area contributed by atoms with Crippen molar-refractivity contribution in [3.8, 4) is 0 Å². The summed E-state index contributed by atoms with van der Waals surface area (Å²) in [5, 5.41) is 0. The summed E-state index contributed by atoms with van der Waals surface area (Å²) in [5.74, 6) is -52.4. The predicted octanol–water partition coefficient (Wildman–Crippen LogP) is 14.5. The third-order valence-corrected chi connectivity index (χ3v) is 15.8. The Kier molecular flexibility index (Phi) is 18.1. The summed E-state index contributed by atoms with van der Waals surface area (Å²) in [5.41, 5.74) is -2.89. The van der Waals surface area contributed by atoms with Crippen LogP contribution in [0.2, 0.25) is 0 Å². The predicted molar refractivity (Wildman–Crippen MR) is 262 cm³/mol. The van der Waals surface area contributed by atoms with E-state index >= 15 is 57.5 Å². The van der Waals surface area contributed by atoms with Gasteiger partial charge in [0.1, 0.15) is 34.9 Å². The number of hydrogen-bond donors (Lipinski definition) is 0. The van der Waals surface area contributed by atoms with Gasteiger partial charge in [-0.3, -0.25) is 4.79 Å². The summed E-state index contributed by atoms with van der Waals surface area (Å²) in [6.45, 7) is 24.8. The number of allylic oxidation sites excluding steroid dienone is 1. The minimum absolute atomic E-state index is 0. The summed E-state index contributed by atoms with van der Waals surface area (Å²) in [6, 6.07) is 10.3. The zero-order valence-corrected chi connectivity index (χ0v) is 46.3. The van der Waals surface area contributed by atoms with E-state index in [-0.39, 0.29) is 46.6 Å². The van der Waals surface area contributed by atoms with Gasteiger partial charge in [0.2, 0.25) is 0 Å². The minimum Gasteiger partial charge on any atom is -0.672 e. The second kappa shape index (κ2) is 22.3. The maximum Gasteiger partial charge on any atom is 3.00 e. The molecule has 0 N–H and O–H groups in total. The van der Waals surface area contributed by atoms with Crippen molar-refractivity contribution >= 4 is 28.7 Å². The molecule has 19 heteroatoms. The molecule has 0 unspecified atom stereocenters. The summed E-state index contributed by atoms with van der Waals surface area (Å²) in [6.07, 6.45) is -6.94. The Bertz CT molecular complexity index is 3080. The van der Waals surface area contributed by atoms with E-state index in [2.05, 4.69) is 19.1 Å². The molecule has 0 bridgehead atoms. The van der Waals surface area contributed by atoms with Crippen LogP contribution in [0.3, 0.4) is 0 Å². The van der Waals surface area contributed by atoms with Crippen LogP contribution in [-0.4, -0.2) is 12.3 Å². The minimum atomic E-state index is -6.66. The Hall–Kier alpha value is -5.48. The van der Waals surface area contributed by atoms with E-state index in [1.54, 1.807) is 62.3 Å². The van der Waals surface area contributed by atoms with Crippen molar-refractivity contribution < 1.29 is 97.0 Å². The van der Waals surface area contributed by atoms with Crippen molar-refractivity contribution in [2.45, 2.75) is 116 Å². The summed E-state index contributed by atoms with van der Waals surface area (Å²) >= 11 is 0. The molecule has 6 aromatic rings. The SMILES string of the molecule is Cc1c(C/C2=C(\C(=O)O[B-](c3c(F)c(F)c(F)c(F)c3F)(c3c(F)c(F)c(F)c(F)c3F)c3c(F)c(F)c(F)c(F)c3F)[C@@H](C(C)(C)C)C[c-]3c(C)c(C)c(C)c3C[C@@H]2C(C)(C)C)c(C)[c-](C)c1C.Cc1ccccc1.[Ti+3]. The Balaban J connectivity index is 0.00000126. The Labute approximate surface area is 452 Å². The number of benzene rings is 4. The van der Waals surface area contributed by atoms with Crippen LogP contribution in [0.15, 0.2) is 41.5 Å². The second-order valence-corrected chi connectivity index (χ2v) is 22.0. The number of rotatable bonds is 7. The second-order valence-electron chi connectivity index (χ2n) is 22.0. The molecular formula is C58H55BF15O2Ti. The monoisotopic (exact) mass is 1130 g/mol. The van der Waals surface area contributed by atoms with Crippen LogP contribution in [0.4, 0.5) is 65.9 Å². The van der Waals surface area contributed by atoms with Crippen LogP contribution in [0.25, 0.3) is 0 Å². The maximum atomic E-state index is 16.7. The first-order chi connectivity index (χ1) is 35.0. The molecule has 0 aromatic heterocycles. The van der Waals surface area contributed by atoms with E-state index in [0.29, 0.717) is 22.3 Å². The standard InChI is InChI=1S/C51H47BF15O2.C7H8.Ti/c1-17-18(2)21(5)24(20(17)4)14-27-28(50(8,9)10)15-25-22(6)19(3)23(7)26(25)16-29(51(11,12)13)30(27)49(68)69-52(31-34(53)40(59)46(65)41(60)35(31)54,32-36(55)42(61)47(66)43(62)37(32)56)33-38(57)44(63)48(67)45(64)39(33)58;1-7-5-3-2-4-6-7;/h28-29H,14-16H2,1-13H3;2-6H,1H3;/q-3;;+3/b30-27+;;/t28-,29-;;/m0../s1. The van der Waals surface area contributed by atoms with Crippen LogP contribution in [-0.2, 0) is 50.4 Å². The normalized spacial score (nSPS) is 16.1. The number of carbonyl (C=O) groups is 1. The molecule has 0 saturated heterocycles. The van der Waals surface area contributed by atoms with E-state index < -0.39 is 144 Å². The number of aryl methyl sites for hydroxylation is 1. The van der Waals surface area contributed by atoms with E-state index in [9.17, 15) is 13.2 Å². The topological polar surface area (TPSA) is 26.3 Å². The molecular weight excluding hydrogens is 1070 g/mol. The van der Waals surface area contributed by atoms with Gasteiger partial charge >= 0.3 is 21.7 Å².